The van der Waals surface area contributed by atoms with Gasteiger partial charge >= 0.3 is 6.18 Å². The van der Waals surface area contributed by atoms with Crippen molar-refractivity contribution in [3.63, 3.8) is 0 Å². The zero-order valence-electron chi connectivity index (χ0n) is 17.6. The van der Waals surface area contributed by atoms with Crippen LogP contribution in [0.5, 0.6) is 0 Å². The lowest BCUT2D eigenvalue weighted by atomic mass is 9.73. The summed E-state index contributed by atoms with van der Waals surface area (Å²) < 4.78 is 46.0. The minimum Gasteiger partial charge on any atom is -0.381 e. The van der Waals surface area contributed by atoms with Crippen LogP contribution in [-0.4, -0.2) is 50.2 Å². The third-order valence-electron chi connectivity index (χ3n) is 6.26. The fourth-order valence-corrected chi connectivity index (χ4v) is 4.71. The molecule has 0 spiro atoms. The van der Waals surface area contributed by atoms with Crippen molar-refractivity contribution in [2.45, 2.75) is 33.4 Å². The van der Waals surface area contributed by atoms with E-state index in [1.165, 1.54) is 6.07 Å². The van der Waals surface area contributed by atoms with Gasteiger partial charge in [0.05, 0.1) is 23.8 Å². The summed E-state index contributed by atoms with van der Waals surface area (Å²) in [6, 6.07) is 5.52. The smallest absolute Gasteiger partial charge is 0.381 e. The summed E-state index contributed by atoms with van der Waals surface area (Å²) in [4.78, 5) is 16.4. The van der Waals surface area contributed by atoms with Gasteiger partial charge in [0.1, 0.15) is 0 Å². The number of hydrogen-bond donors (Lipinski definition) is 0. The first kappa shape index (κ1) is 22.4. The van der Waals surface area contributed by atoms with Crippen LogP contribution in [0.3, 0.4) is 0 Å². The predicted molar refractivity (Wildman–Crippen MR) is 107 cm³/mol. The van der Waals surface area contributed by atoms with E-state index in [-0.39, 0.29) is 28.7 Å². The van der Waals surface area contributed by atoms with Gasteiger partial charge in [-0.2, -0.15) is 18.4 Å². The van der Waals surface area contributed by atoms with Crippen molar-refractivity contribution in [3.05, 3.63) is 29.3 Å². The Labute approximate surface area is 175 Å². The van der Waals surface area contributed by atoms with Gasteiger partial charge in [0.15, 0.2) is 0 Å². The maximum atomic E-state index is 13.4. The number of likely N-dealkylation sites (tertiary alicyclic amines) is 1. The van der Waals surface area contributed by atoms with Crippen molar-refractivity contribution in [3.8, 4) is 6.07 Å². The molecular weight excluding hydrogens is 395 g/mol. The Morgan fingerprint density at radius 2 is 2.10 bits per heavy atom. The van der Waals surface area contributed by atoms with Gasteiger partial charge in [-0.15, -0.1) is 0 Å². The van der Waals surface area contributed by atoms with Crippen LogP contribution in [0.2, 0.25) is 0 Å². The number of rotatable bonds is 5. The molecule has 30 heavy (non-hydrogen) atoms. The fourth-order valence-electron chi connectivity index (χ4n) is 4.71. The number of carbonyl (C=O) groups excluding carboxylic acids is 1. The first-order valence-corrected chi connectivity index (χ1v) is 10.3. The molecule has 164 valence electrons. The Kier molecular flexibility index (Phi) is 6.32. The van der Waals surface area contributed by atoms with E-state index in [2.05, 4.69) is 0 Å². The number of benzene rings is 1. The highest BCUT2D eigenvalue weighted by atomic mass is 19.4. The average molecular weight is 423 g/mol. The van der Waals surface area contributed by atoms with Gasteiger partial charge in [-0.1, -0.05) is 13.8 Å². The van der Waals surface area contributed by atoms with E-state index in [1.54, 1.807) is 12.1 Å². The average Bonchev–Trinajstić information content (AvgIpc) is 3.09. The van der Waals surface area contributed by atoms with Crippen molar-refractivity contribution in [2.24, 2.45) is 17.3 Å². The third kappa shape index (κ3) is 4.27. The zero-order valence-corrected chi connectivity index (χ0v) is 17.6. The fraction of sp³-hybridized carbons (Fsp3) is 0.636. The lowest BCUT2D eigenvalue weighted by Crippen LogP contribution is -2.53. The van der Waals surface area contributed by atoms with Crippen molar-refractivity contribution in [1.82, 2.24) is 4.90 Å². The Morgan fingerprint density at radius 3 is 2.70 bits per heavy atom. The monoisotopic (exact) mass is 423 g/mol. The molecule has 0 radical (unpaired) electrons. The van der Waals surface area contributed by atoms with E-state index in [1.807, 2.05) is 30.6 Å². The molecule has 2 aliphatic heterocycles. The minimum atomic E-state index is -4.59. The molecule has 0 bridgehead atoms. The van der Waals surface area contributed by atoms with Crippen molar-refractivity contribution in [2.75, 3.05) is 44.3 Å². The number of carbonyl (C=O) groups is 1. The van der Waals surface area contributed by atoms with E-state index in [0.29, 0.717) is 45.1 Å². The molecule has 8 heteroatoms. The topological polar surface area (TPSA) is 56.6 Å². The third-order valence-corrected chi connectivity index (χ3v) is 6.26. The van der Waals surface area contributed by atoms with Crippen molar-refractivity contribution < 1.29 is 22.7 Å². The minimum absolute atomic E-state index is 0.0977. The lowest BCUT2D eigenvalue weighted by Gasteiger charge is -2.44. The highest BCUT2D eigenvalue weighted by molar-refractivity contribution is 5.78. The first-order valence-electron chi connectivity index (χ1n) is 10.3. The van der Waals surface area contributed by atoms with Crippen LogP contribution < -0.4 is 4.90 Å². The molecule has 1 aromatic carbocycles. The van der Waals surface area contributed by atoms with Crippen molar-refractivity contribution in [1.29, 1.82) is 5.26 Å². The number of fused-ring (bicyclic) bond motifs is 1. The summed E-state index contributed by atoms with van der Waals surface area (Å²) in [5.74, 6) is 0.224. The number of nitrogens with zero attached hydrogens (tertiary/aromatic N) is 3. The molecule has 2 saturated heterocycles. The molecule has 0 N–H and O–H groups in total. The highest BCUT2D eigenvalue weighted by Crippen LogP contribution is 2.45. The molecule has 1 amide bonds. The Bertz CT molecular complexity index is 834. The normalized spacial score (nSPS) is 24.1. The van der Waals surface area contributed by atoms with Gasteiger partial charge in [0, 0.05) is 49.8 Å². The van der Waals surface area contributed by atoms with E-state index < -0.39 is 11.7 Å². The lowest BCUT2D eigenvalue weighted by molar-refractivity contribution is -0.140. The summed E-state index contributed by atoms with van der Waals surface area (Å²) in [5, 5.41) is 9.05. The standard InChI is InChI=1S/C22H28F3N3O2/c1-4-30-14-21-12-27(20(29)15(2)3)8-7-17(21)11-28(13-21)18-6-5-16(10-26)19(9-18)22(23,24)25/h5-6,9,15,17H,4,7-8,11-14H2,1-3H3/t17-,21+/m0/s1. The highest BCUT2D eigenvalue weighted by Gasteiger charge is 2.51. The summed E-state index contributed by atoms with van der Waals surface area (Å²) in [6.07, 6.45) is -3.79. The molecule has 1 aromatic rings. The van der Waals surface area contributed by atoms with Gasteiger partial charge in [-0.05, 0) is 37.5 Å². The van der Waals surface area contributed by atoms with E-state index in [4.69, 9.17) is 10.00 Å². The molecule has 2 atom stereocenters. The molecule has 0 unspecified atom stereocenters. The number of alkyl halides is 3. The SMILES string of the molecule is CCOC[C@]12CN(C(=O)C(C)C)CC[C@H]1CN(c1ccc(C#N)c(C(F)(F)F)c1)C2. The number of nitriles is 1. The number of amides is 1. The Hall–Kier alpha value is -2.27. The number of piperidine rings is 1. The van der Waals surface area contributed by atoms with E-state index >= 15 is 0 Å². The summed E-state index contributed by atoms with van der Waals surface area (Å²) in [6.45, 7) is 9.01. The molecule has 0 saturated carbocycles. The molecule has 2 heterocycles. The van der Waals surface area contributed by atoms with Gasteiger partial charge in [0.25, 0.3) is 0 Å². The molecule has 2 fully saturated rings. The first-order chi connectivity index (χ1) is 14.1. The molecular formula is C22H28F3N3O2. The van der Waals surface area contributed by atoms with Crippen LogP contribution in [0.1, 0.15) is 38.3 Å². The van der Waals surface area contributed by atoms with Crippen LogP contribution in [0.4, 0.5) is 18.9 Å². The van der Waals surface area contributed by atoms with E-state index in [0.717, 1.165) is 12.5 Å². The summed E-state index contributed by atoms with van der Waals surface area (Å²) in [7, 11) is 0. The van der Waals surface area contributed by atoms with Crippen LogP contribution in [0, 0.1) is 28.6 Å². The quantitative estimate of drug-likeness (QED) is 0.720. The molecule has 3 rings (SSSR count). The molecule has 0 aliphatic carbocycles. The molecule has 0 aromatic heterocycles. The molecule has 2 aliphatic rings. The molecule has 5 nitrogen and oxygen atoms in total. The Morgan fingerprint density at radius 1 is 1.37 bits per heavy atom. The second-order valence-electron chi connectivity index (χ2n) is 8.62. The van der Waals surface area contributed by atoms with Crippen LogP contribution in [0.15, 0.2) is 18.2 Å². The maximum absolute atomic E-state index is 13.4. The second-order valence-corrected chi connectivity index (χ2v) is 8.62. The summed E-state index contributed by atoms with van der Waals surface area (Å²) >= 11 is 0. The van der Waals surface area contributed by atoms with Gasteiger partial charge in [-0.25, -0.2) is 0 Å². The van der Waals surface area contributed by atoms with Gasteiger partial charge in [-0.3, -0.25) is 4.79 Å². The van der Waals surface area contributed by atoms with Crippen LogP contribution >= 0.6 is 0 Å². The zero-order chi connectivity index (χ0) is 22.1. The van der Waals surface area contributed by atoms with Gasteiger partial charge < -0.3 is 14.5 Å². The Balaban J connectivity index is 1.90. The van der Waals surface area contributed by atoms with Crippen LogP contribution in [0.25, 0.3) is 0 Å². The number of anilines is 1. The van der Waals surface area contributed by atoms with Crippen LogP contribution in [-0.2, 0) is 15.7 Å². The van der Waals surface area contributed by atoms with Gasteiger partial charge in [0.2, 0.25) is 5.91 Å². The maximum Gasteiger partial charge on any atom is 0.417 e. The van der Waals surface area contributed by atoms with E-state index in [9.17, 15) is 18.0 Å². The van der Waals surface area contributed by atoms with Crippen molar-refractivity contribution >= 4 is 11.6 Å². The number of hydrogen-bond acceptors (Lipinski definition) is 4. The summed E-state index contributed by atoms with van der Waals surface area (Å²) in [5.41, 5.74) is -1.15. The number of ether oxygens (including phenoxy) is 1. The number of halogens is 3. The predicted octanol–water partition coefficient (Wildman–Crippen LogP) is 3.92. The largest absolute Gasteiger partial charge is 0.417 e. The second kappa shape index (κ2) is 8.46.